The van der Waals surface area contributed by atoms with Gasteiger partial charge in [0, 0.05) is 0 Å². The summed E-state index contributed by atoms with van der Waals surface area (Å²) < 4.78 is 56.1. The summed E-state index contributed by atoms with van der Waals surface area (Å²) in [7, 11) is 1.34. The van der Waals surface area contributed by atoms with Crippen LogP contribution in [0.25, 0.3) is 0 Å². The number of halogens is 4. The summed E-state index contributed by atoms with van der Waals surface area (Å²) in [6.45, 7) is 1.66. The van der Waals surface area contributed by atoms with E-state index >= 15 is 0 Å². The van der Waals surface area contributed by atoms with Gasteiger partial charge in [-0.25, -0.2) is 4.39 Å². The van der Waals surface area contributed by atoms with Gasteiger partial charge >= 0.3 is 6.18 Å². The van der Waals surface area contributed by atoms with Crippen molar-refractivity contribution in [1.82, 2.24) is 5.32 Å². The van der Waals surface area contributed by atoms with Gasteiger partial charge in [0.25, 0.3) is 0 Å². The van der Waals surface area contributed by atoms with Crippen LogP contribution >= 0.6 is 0 Å². The van der Waals surface area contributed by atoms with E-state index in [2.05, 4.69) is 5.32 Å². The zero-order valence-corrected chi connectivity index (χ0v) is 13.7. The Kier molecular flexibility index (Phi) is 5.66. The van der Waals surface area contributed by atoms with Gasteiger partial charge in [-0.1, -0.05) is 18.2 Å². The molecule has 134 valence electrons. The molecule has 25 heavy (non-hydrogen) atoms. The van der Waals surface area contributed by atoms with Gasteiger partial charge < -0.3 is 10.1 Å². The Morgan fingerprint density at radius 3 is 2.32 bits per heavy atom. The fourth-order valence-corrected chi connectivity index (χ4v) is 2.34. The molecule has 2 aromatic rings. The van der Waals surface area contributed by atoms with Gasteiger partial charge in [0.15, 0.2) is 11.6 Å². The molecule has 0 spiro atoms. The first-order valence-electron chi connectivity index (χ1n) is 7.49. The van der Waals surface area contributed by atoms with Crippen LogP contribution in [0.4, 0.5) is 17.6 Å². The van der Waals surface area contributed by atoms with Crippen molar-refractivity contribution >= 4 is 5.91 Å². The molecule has 0 fully saturated rings. The van der Waals surface area contributed by atoms with Crippen LogP contribution in [0, 0.1) is 5.82 Å². The highest BCUT2D eigenvalue weighted by molar-refractivity contribution is 5.79. The Bertz CT molecular complexity index is 742. The Morgan fingerprint density at radius 1 is 1.16 bits per heavy atom. The standard InChI is InChI=1S/C18H17F4NO2/c1-11(13-4-6-14(7-5-13)18(20,21)22)23-17(24)10-12-3-8-16(25-2)15(19)9-12/h3-9,11H,10H2,1-2H3,(H,23,24). The van der Waals surface area contributed by atoms with E-state index in [9.17, 15) is 22.4 Å². The fourth-order valence-electron chi connectivity index (χ4n) is 2.34. The second kappa shape index (κ2) is 7.55. The molecule has 1 atom stereocenters. The third kappa shape index (κ3) is 4.95. The number of carbonyl (C=O) groups is 1. The number of alkyl halides is 3. The maximum Gasteiger partial charge on any atom is 0.416 e. The van der Waals surface area contributed by atoms with Gasteiger partial charge in [0.05, 0.1) is 25.1 Å². The normalized spacial score (nSPS) is 12.6. The number of nitrogens with one attached hydrogen (secondary N) is 1. The number of amides is 1. The van der Waals surface area contributed by atoms with Crippen LogP contribution in [0.15, 0.2) is 42.5 Å². The van der Waals surface area contributed by atoms with Gasteiger partial charge in [-0.05, 0) is 42.3 Å². The van der Waals surface area contributed by atoms with E-state index in [1.807, 2.05) is 0 Å². The van der Waals surface area contributed by atoms with Crippen molar-refractivity contribution in [2.24, 2.45) is 0 Å². The first-order chi connectivity index (χ1) is 11.7. The highest BCUT2D eigenvalue weighted by Gasteiger charge is 2.30. The van der Waals surface area contributed by atoms with Crippen molar-refractivity contribution in [2.75, 3.05) is 7.11 Å². The molecule has 0 aromatic heterocycles. The van der Waals surface area contributed by atoms with E-state index < -0.39 is 23.6 Å². The average Bonchev–Trinajstić information content (AvgIpc) is 2.54. The average molecular weight is 355 g/mol. The van der Waals surface area contributed by atoms with Crippen molar-refractivity contribution in [3.8, 4) is 5.75 Å². The second-order valence-corrected chi connectivity index (χ2v) is 5.55. The first-order valence-corrected chi connectivity index (χ1v) is 7.49. The van der Waals surface area contributed by atoms with Crippen LogP contribution < -0.4 is 10.1 Å². The van der Waals surface area contributed by atoms with Crippen molar-refractivity contribution < 1.29 is 27.1 Å². The highest BCUT2D eigenvalue weighted by Crippen LogP contribution is 2.29. The molecule has 0 radical (unpaired) electrons. The fraction of sp³-hybridized carbons (Fsp3) is 0.278. The lowest BCUT2D eigenvalue weighted by Crippen LogP contribution is -2.28. The van der Waals surface area contributed by atoms with Gasteiger partial charge in [-0.3, -0.25) is 4.79 Å². The predicted molar refractivity (Wildman–Crippen MR) is 84.7 cm³/mol. The van der Waals surface area contributed by atoms with E-state index in [1.54, 1.807) is 13.0 Å². The van der Waals surface area contributed by atoms with Gasteiger partial charge in [-0.15, -0.1) is 0 Å². The van der Waals surface area contributed by atoms with Crippen LogP contribution in [-0.2, 0) is 17.4 Å². The van der Waals surface area contributed by atoms with E-state index in [0.29, 0.717) is 11.1 Å². The Balaban J connectivity index is 1.99. The maximum atomic E-state index is 13.6. The molecule has 0 aliphatic rings. The molecule has 0 saturated heterocycles. The van der Waals surface area contributed by atoms with Gasteiger partial charge in [0.2, 0.25) is 5.91 Å². The van der Waals surface area contributed by atoms with Crippen LogP contribution in [0.1, 0.15) is 29.7 Å². The molecule has 0 heterocycles. The predicted octanol–water partition coefficient (Wildman–Crippen LogP) is 4.27. The van der Waals surface area contributed by atoms with E-state index in [0.717, 1.165) is 12.1 Å². The minimum atomic E-state index is -4.40. The van der Waals surface area contributed by atoms with Crippen LogP contribution in [0.5, 0.6) is 5.75 Å². The zero-order valence-electron chi connectivity index (χ0n) is 13.7. The number of hydrogen-bond donors (Lipinski definition) is 1. The van der Waals surface area contributed by atoms with Gasteiger partial charge in [0.1, 0.15) is 0 Å². The molecular weight excluding hydrogens is 338 g/mol. The monoisotopic (exact) mass is 355 g/mol. The molecule has 1 unspecified atom stereocenters. The Hall–Kier alpha value is -2.57. The molecule has 2 rings (SSSR count). The molecule has 0 bridgehead atoms. The number of benzene rings is 2. The number of carbonyl (C=O) groups excluding carboxylic acids is 1. The van der Waals surface area contributed by atoms with E-state index in [1.165, 1.54) is 31.4 Å². The van der Waals surface area contributed by atoms with Crippen molar-refractivity contribution in [3.63, 3.8) is 0 Å². The molecule has 2 aromatic carbocycles. The summed E-state index contributed by atoms with van der Waals surface area (Å²) in [6.07, 6.45) is -4.45. The minimum Gasteiger partial charge on any atom is -0.494 e. The molecule has 1 amide bonds. The van der Waals surface area contributed by atoms with Crippen LogP contribution in [-0.4, -0.2) is 13.0 Å². The maximum absolute atomic E-state index is 13.6. The Labute approximate surface area is 142 Å². The van der Waals surface area contributed by atoms with E-state index in [-0.39, 0.29) is 18.1 Å². The largest absolute Gasteiger partial charge is 0.494 e. The number of ether oxygens (including phenoxy) is 1. The SMILES string of the molecule is COc1ccc(CC(=O)NC(C)c2ccc(C(F)(F)F)cc2)cc1F. The number of hydrogen-bond acceptors (Lipinski definition) is 2. The second-order valence-electron chi connectivity index (χ2n) is 5.55. The lowest BCUT2D eigenvalue weighted by atomic mass is 10.1. The van der Waals surface area contributed by atoms with Crippen molar-refractivity contribution in [3.05, 3.63) is 65.0 Å². The first kappa shape index (κ1) is 18.8. The minimum absolute atomic E-state index is 0.0497. The lowest BCUT2D eigenvalue weighted by molar-refractivity contribution is -0.137. The van der Waals surface area contributed by atoms with Crippen LogP contribution in [0.3, 0.4) is 0 Å². The van der Waals surface area contributed by atoms with Crippen LogP contribution in [0.2, 0.25) is 0 Å². The lowest BCUT2D eigenvalue weighted by Gasteiger charge is -2.15. The summed E-state index contributed by atoms with van der Waals surface area (Å²) in [4.78, 5) is 12.0. The molecule has 7 heteroatoms. The quantitative estimate of drug-likeness (QED) is 0.814. The summed E-state index contributed by atoms with van der Waals surface area (Å²) in [6, 6.07) is 8.32. The van der Waals surface area contributed by atoms with Crippen molar-refractivity contribution in [2.45, 2.75) is 25.6 Å². The zero-order chi connectivity index (χ0) is 18.6. The molecular formula is C18H17F4NO2. The summed E-state index contributed by atoms with van der Waals surface area (Å²) in [5.41, 5.74) is 0.265. The molecule has 3 nitrogen and oxygen atoms in total. The smallest absolute Gasteiger partial charge is 0.416 e. The molecule has 0 saturated carbocycles. The number of rotatable bonds is 5. The third-order valence-corrected chi connectivity index (χ3v) is 3.70. The number of methoxy groups -OCH3 is 1. The molecule has 1 N–H and O–H groups in total. The van der Waals surface area contributed by atoms with Crippen molar-refractivity contribution in [1.29, 1.82) is 0 Å². The van der Waals surface area contributed by atoms with Gasteiger partial charge in [-0.2, -0.15) is 13.2 Å². The summed E-state index contributed by atoms with van der Waals surface area (Å²) >= 11 is 0. The topological polar surface area (TPSA) is 38.3 Å². The molecule has 0 aliphatic carbocycles. The van der Waals surface area contributed by atoms with E-state index in [4.69, 9.17) is 4.74 Å². The Morgan fingerprint density at radius 2 is 1.80 bits per heavy atom. The highest BCUT2D eigenvalue weighted by atomic mass is 19.4. The third-order valence-electron chi connectivity index (χ3n) is 3.70. The summed E-state index contributed by atoms with van der Waals surface area (Å²) in [5.74, 6) is -0.845. The molecule has 0 aliphatic heterocycles. The summed E-state index contributed by atoms with van der Waals surface area (Å²) in [5, 5.41) is 2.68.